The molecule has 2 N–H and O–H groups in total. The number of piperidine rings is 1. The Balaban J connectivity index is 1.29. The standard InChI is InChI=1S/C28H38N4O3/c1-21(2)27(34)29-25(23-7-5-4-6-8-23)13-16-31-17-14-28(15-18-31)19-26(33)32(30-28)20-22-9-11-24(35-3)12-10-22/h4-12,21,25,30H,13-20H2,1-3H3,(H,29,34)/t25-/m0/s1. The highest BCUT2D eigenvalue weighted by atomic mass is 16.5. The lowest BCUT2D eigenvalue weighted by atomic mass is 9.86. The Hall–Kier alpha value is -2.90. The molecule has 2 heterocycles. The minimum atomic E-state index is -0.148. The first-order valence-corrected chi connectivity index (χ1v) is 12.7. The Bertz CT molecular complexity index is 985. The van der Waals surface area contributed by atoms with Crippen molar-refractivity contribution in [1.82, 2.24) is 20.7 Å². The minimum absolute atomic E-state index is 0.00755. The topological polar surface area (TPSA) is 73.9 Å². The van der Waals surface area contributed by atoms with Crippen LogP contribution in [0.3, 0.4) is 0 Å². The third kappa shape index (κ3) is 6.41. The second-order valence-electron chi connectivity index (χ2n) is 10.2. The number of methoxy groups -OCH3 is 1. The van der Waals surface area contributed by atoms with Gasteiger partial charge in [0.15, 0.2) is 0 Å². The normalized spacial score (nSPS) is 18.7. The molecule has 2 aliphatic heterocycles. The van der Waals surface area contributed by atoms with Gasteiger partial charge in [-0.2, -0.15) is 0 Å². The van der Waals surface area contributed by atoms with Crippen LogP contribution in [0.15, 0.2) is 54.6 Å². The number of ether oxygens (including phenoxy) is 1. The lowest BCUT2D eigenvalue weighted by Gasteiger charge is -2.39. The fraction of sp³-hybridized carbons (Fsp3) is 0.500. The van der Waals surface area contributed by atoms with Crippen LogP contribution >= 0.6 is 0 Å². The zero-order valence-corrected chi connectivity index (χ0v) is 21.1. The molecular formula is C28H38N4O3. The monoisotopic (exact) mass is 478 g/mol. The van der Waals surface area contributed by atoms with Crippen LogP contribution in [0.4, 0.5) is 0 Å². The summed E-state index contributed by atoms with van der Waals surface area (Å²) in [5.74, 6) is 1.02. The van der Waals surface area contributed by atoms with Crippen molar-refractivity contribution in [3.8, 4) is 5.75 Å². The predicted octanol–water partition coefficient (Wildman–Crippen LogP) is 3.67. The van der Waals surface area contributed by atoms with Gasteiger partial charge in [0.2, 0.25) is 11.8 Å². The molecule has 1 atom stereocenters. The second kappa shape index (κ2) is 11.2. The largest absolute Gasteiger partial charge is 0.497 e. The van der Waals surface area contributed by atoms with Gasteiger partial charge in [-0.3, -0.25) is 14.6 Å². The molecule has 2 amide bonds. The molecule has 0 radical (unpaired) electrons. The van der Waals surface area contributed by atoms with Gasteiger partial charge in [-0.15, -0.1) is 0 Å². The second-order valence-corrected chi connectivity index (χ2v) is 10.2. The van der Waals surface area contributed by atoms with E-state index in [-0.39, 0.29) is 29.3 Å². The number of carbonyl (C=O) groups is 2. The van der Waals surface area contributed by atoms with E-state index >= 15 is 0 Å². The zero-order valence-electron chi connectivity index (χ0n) is 21.1. The number of benzene rings is 2. The highest BCUT2D eigenvalue weighted by molar-refractivity contribution is 5.79. The predicted molar refractivity (Wildman–Crippen MR) is 136 cm³/mol. The van der Waals surface area contributed by atoms with Crippen LogP contribution in [0, 0.1) is 5.92 Å². The molecule has 0 saturated carbocycles. The van der Waals surface area contributed by atoms with Gasteiger partial charge in [-0.1, -0.05) is 56.3 Å². The van der Waals surface area contributed by atoms with E-state index in [0.29, 0.717) is 13.0 Å². The Morgan fingerprint density at radius 3 is 2.40 bits per heavy atom. The average molecular weight is 479 g/mol. The first-order chi connectivity index (χ1) is 16.9. The molecule has 7 heteroatoms. The van der Waals surface area contributed by atoms with Crippen molar-refractivity contribution in [3.63, 3.8) is 0 Å². The molecule has 1 spiro atoms. The van der Waals surface area contributed by atoms with Gasteiger partial charge < -0.3 is 15.0 Å². The maximum Gasteiger partial charge on any atom is 0.238 e. The smallest absolute Gasteiger partial charge is 0.238 e. The van der Waals surface area contributed by atoms with Crippen LogP contribution in [0.1, 0.15) is 56.7 Å². The molecule has 2 saturated heterocycles. The first kappa shape index (κ1) is 25.2. The van der Waals surface area contributed by atoms with E-state index in [2.05, 4.69) is 27.8 Å². The lowest BCUT2D eigenvalue weighted by molar-refractivity contribution is -0.130. The Morgan fingerprint density at radius 1 is 1.09 bits per heavy atom. The van der Waals surface area contributed by atoms with Crippen LogP contribution < -0.4 is 15.5 Å². The van der Waals surface area contributed by atoms with E-state index < -0.39 is 0 Å². The van der Waals surface area contributed by atoms with Crippen molar-refractivity contribution in [2.24, 2.45) is 5.92 Å². The van der Waals surface area contributed by atoms with E-state index in [1.165, 1.54) is 0 Å². The van der Waals surface area contributed by atoms with E-state index in [1.54, 1.807) is 12.1 Å². The first-order valence-electron chi connectivity index (χ1n) is 12.7. The number of carbonyl (C=O) groups excluding carboxylic acids is 2. The van der Waals surface area contributed by atoms with Crippen LogP contribution in [-0.4, -0.2) is 54.0 Å². The van der Waals surface area contributed by atoms with Gasteiger partial charge in [0.25, 0.3) is 0 Å². The summed E-state index contributed by atoms with van der Waals surface area (Å²) in [5.41, 5.74) is 5.63. The summed E-state index contributed by atoms with van der Waals surface area (Å²) in [6.45, 7) is 7.21. The van der Waals surface area contributed by atoms with Crippen molar-refractivity contribution < 1.29 is 14.3 Å². The average Bonchev–Trinajstić information content (AvgIpc) is 3.17. The summed E-state index contributed by atoms with van der Waals surface area (Å²) >= 11 is 0. The van der Waals surface area contributed by atoms with Crippen LogP contribution in [0.25, 0.3) is 0 Å². The number of likely N-dealkylation sites (tertiary alicyclic amines) is 1. The fourth-order valence-electron chi connectivity index (χ4n) is 4.97. The van der Waals surface area contributed by atoms with Crippen molar-refractivity contribution in [2.75, 3.05) is 26.7 Å². The Labute approximate surface area is 208 Å². The third-order valence-electron chi connectivity index (χ3n) is 7.25. The van der Waals surface area contributed by atoms with Gasteiger partial charge in [-0.25, -0.2) is 5.43 Å². The van der Waals surface area contributed by atoms with Crippen molar-refractivity contribution >= 4 is 11.8 Å². The summed E-state index contributed by atoms with van der Waals surface area (Å²) in [6.07, 6.45) is 3.29. The van der Waals surface area contributed by atoms with E-state index in [4.69, 9.17) is 4.74 Å². The molecule has 2 aliphatic rings. The maximum absolute atomic E-state index is 12.8. The quantitative estimate of drug-likeness (QED) is 0.575. The van der Waals surface area contributed by atoms with Gasteiger partial charge in [0.1, 0.15) is 5.75 Å². The van der Waals surface area contributed by atoms with Gasteiger partial charge >= 0.3 is 0 Å². The number of nitrogens with zero attached hydrogens (tertiary/aromatic N) is 2. The van der Waals surface area contributed by atoms with Crippen LogP contribution in [0.2, 0.25) is 0 Å². The molecule has 35 heavy (non-hydrogen) atoms. The molecule has 0 bridgehead atoms. The molecule has 2 aromatic carbocycles. The van der Waals surface area contributed by atoms with Gasteiger partial charge in [0.05, 0.1) is 19.7 Å². The van der Waals surface area contributed by atoms with E-state index in [0.717, 1.165) is 55.8 Å². The summed E-state index contributed by atoms with van der Waals surface area (Å²) < 4.78 is 5.23. The fourth-order valence-corrected chi connectivity index (χ4v) is 4.97. The molecule has 0 unspecified atom stereocenters. The molecule has 7 nitrogen and oxygen atoms in total. The van der Waals surface area contributed by atoms with E-state index in [1.807, 2.05) is 56.3 Å². The van der Waals surface area contributed by atoms with Gasteiger partial charge in [-0.05, 0) is 55.6 Å². The molecule has 4 rings (SSSR count). The summed E-state index contributed by atoms with van der Waals surface area (Å²) in [6, 6.07) is 18.1. The number of hydrogen-bond donors (Lipinski definition) is 2. The Kier molecular flexibility index (Phi) is 8.08. The minimum Gasteiger partial charge on any atom is -0.497 e. The number of amides is 2. The van der Waals surface area contributed by atoms with Crippen molar-refractivity contribution in [3.05, 3.63) is 65.7 Å². The highest BCUT2D eigenvalue weighted by Crippen LogP contribution is 2.32. The molecule has 2 fully saturated rings. The molecule has 0 aromatic heterocycles. The lowest BCUT2D eigenvalue weighted by Crippen LogP contribution is -2.53. The summed E-state index contributed by atoms with van der Waals surface area (Å²) in [4.78, 5) is 27.6. The van der Waals surface area contributed by atoms with E-state index in [9.17, 15) is 9.59 Å². The molecule has 188 valence electrons. The highest BCUT2D eigenvalue weighted by Gasteiger charge is 2.44. The van der Waals surface area contributed by atoms with Crippen molar-refractivity contribution in [1.29, 1.82) is 0 Å². The zero-order chi connectivity index (χ0) is 24.8. The maximum atomic E-state index is 12.8. The Morgan fingerprint density at radius 2 is 1.77 bits per heavy atom. The number of hydrazine groups is 1. The third-order valence-corrected chi connectivity index (χ3v) is 7.25. The van der Waals surface area contributed by atoms with Crippen LogP contribution in [-0.2, 0) is 16.1 Å². The SMILES string of the molecule is COc1ccc(CN2NC3(CCN(CC[C@H](NC(=O)C(C)C)c4ccccc4)CC3)CC2=O)cc1. The molecule has 0 aliphatic carbocycles. The number of nitrogens with one attached hydrogen (secondary N) is 2. The van der Waals surface area contributed by atoms with Crippen molar-refractivity contribution in [2.45, 2.75) is 57.7 Å². The number of rotatable bonds is 9. The molecular weight excluding hydrogens is 440 g/mol. The van der Waals surface area contributed by atoms with Crippen LogP contribution in [0.5, 0.6) is 5.75 Å². The van der Waals surface area contributed by atoms with Gasteiger partial charge in [0, 0.05) is 24.4 Å². The summed E-state index contributed by atoms with van der Waals surface area (Å²) in [7, 11) is 1.65. The number of hydrogen-bond acceptors (Lipinski definition) is 5. The molecule has 2 aromatic rings. The summed E-state index contributed by atoms with van der Waals surface area (Å²) in [5, 5.41) is 5.01.